The first kappa shape index (κ1) is 25.8. The van der Waals surface area contributed by atoms with Crippen molar-refractivity contribution in [2.24, 2.45) is 0 Å². The Kier molecular flexibility index (Phi) is 7.36. The highest BCUT2D eigenvalue weighted by molar-refractivity contribution is 6.94. The van der Waals surface area contributed by atoms with Crippen molar-refractivity contribution >= 4 is 36.5 Å². The number of halogens is 2. The number of benzene rings is 4. The number of ether oxygens (including phenoxy) is 1. The molecule has 4 aromatic rings. The Morgan fingerprint density at radius 1 is 0.811 bits per heavy atom. The Hall–Kier alpha value is -2.78. The van der Waals surface area contributed by atoms with Gasteiger partial charge in [-0.25, -0.2) is 0 Å². The van der Waals surface area contributed by atoms with Crippen molar-refractivity contribution in [2.75, 3.05) is 6.61 Å². The van der Waals surface area contributed by atoms with Crippen LogP contribution in [-0.2, 0) is 0 Å². The second-order valence-electron chi connectivity index (χ2n) is 9.91. The lowest BCUT2D eigenvalue weighted by Crippen LogP contribution is -2.53. The van der Waals surface area contributed by atoms with Crippen LogP contribution in [0.2, 0.25) is 22.1 Å². The van der Waals surface area contributed by atoms with Gasteiger partial charge in [0.1, 0.15) is 20.4 Å². The van der Waals surface area contributed by atoms with Gasteiger partial charge in [0.2, 0.25) is 0 Å². The zero-order chi connectivity index (χ0) is 26.2. The van der Waals surface area contributed by atoms with Gasteiger partial charge in [-0.15, -0.1) is 0 Å². The van der Waals surface area contributed by atoms with Gasteiger partial charge in [-0.3, -0.25) is 0 Å². The number of rotatable bonds is 8. The van der Waals surface area contributed by atoms with Gasteiger partial charge in [-0.2, -0.15) is 0 Å². The van der Waals surface area contributed by atoms with Crippen LogP contribution < -0.4 is 9.92 Å². The molecule has 0 unspecified atom stereocenters. The predicted molar refractivity (Wildman–Crippen MR) is 162 cm³/mol. The predicted octanol–water partition coefficient (Wildman–Crippen LogP) is 9.58. The zero-order valence-electron chi connectivity index (χ0n) is 21.7. The molecule has 1 aliphatic rings. The second-order valence-corrected chi connectivity index (χ2v) is 15.6. The van der Waals surface area contributed by atoms with Crippen molar-refractivity contribution in [3.8, 4) is 28.0 Å². The molecular formula is C33H32Cl2OSi. The maximum Gasteiger partial charge on any atom is 0.126 e. The van der Waals surface area contributed by atoms with Crippen molar-refractivity contribution in [3.05, 3.63) is 118 Å². The smallest absolute Gasteiger partial charge is 0.126 e. The molecule has 5 rings (SSSR count). The fourth-order valence-electron chi connectivity index (χ4n) is 6.27. The van der Waals surface area contributed by atoms with Gasteiger partial charge in [0.25, 0.3) is 0 Å². The molecule has 0 aliphatic heterocycles. The van der Waals surface area contributed by atoms with E-state index in [1.165, 1.54) is 38.6 Å². The van der Waals surface area contributed by atoms with E-state index in [4.69, 9.17) is 27.9 Å². The summed E-state index contributed by atoms with van der Waals surface area (Å²) in [4.78, 5) is 0. The van der Waals surface area contributed by atoms with Crippen LogP contribution in [0, 0.1) is 6.92 Å². The summed E-state index contributed by atoms with van der Waals surface area (Å²) in [5.41, 5.74) is 8.95. The molecule has 1 nitrogen and oxygen atoms in total. The van der Waals surface area contributed by atoms with E-state index in [0.29, 0.717) is 6.61 Å². The lowest BCUT2D eigenvalue weighted by atomic mass is 10.0. The van der Waals surface area contributed by atoms with E-state index >= 15 is 0 Å². The second kappa shape index (κ2) is 10.5. The minimum Gasteiger partial charge on any atom is -0.489 e. The van der Waals surface area contributed by atoms with Crippen molar-refractivity contribution in [3.63, 3.8) is 0 Å². The van der Waals surface area contributed by atoms with Crippen molar-refractivity contribution < 1.29 is 4.74 Å². The van der Waals surface area contributed by atoms with Crippen LogP contribution in [0.1, 0.15) is 36.1 Å². The SMILES string of the molecule is C=CCOc1c(-c2ccccc2)cc(C)cc1[Si](CC)(CC)C1c2cc(Cl)ccc2-c2ccc(Cl)cc21. The largest absolute Gasteiger partial charge is 0.489 e. The summed E-state index contributed by atoms with van der Waals surface area (Å²) < 4.78 is 6.58. The molecule has 0 spiro atoms. The number of aryl methyl sites for hydroxylation is 1. The summed E-state index contributed by atoms with van der Waals surface area (Å²) in [6, 6.07) is 30.1. The average Bonchev–Trinajstić information content (AvgIpc) is 3.22. The summed E-state index contributed by atoms with van der Waals surface area (Å²) >= 11 is 13.3. The number of fused-ring (bicyclic) bond motifs is 3. The molecule has 0 aromatic heterocycles. The van der Waals surface area contributed by atoms with E-state index in [1.54, 1.807) is 0 Å². The van der Waals surface area contributed by atoms with Crippen LogP contribution in [0.4, 0.5) is 0 Å². The first-order valence-electron chi connectivity index (χ1n) is 13.0. The molecule has 0 saturated heterocycles. The van der Waals surface area contributed by atoms with E-state index in [0.717, 1.165) is 33.4 Å². The quantitative estimate of drug-likeness (QED) is 0.159. The van der Waals surface area contributed by atoms with Crippen LogP contribution in [0.25, 0.3) is 22.3 Å². The van der Waals surface area contributed by atoms with Crippen LogP contribution in [0.5, 0.6) is 5.75 Å². The molecule has 188 valence electrons. The summed E-state index contributed by atoms with van der Waals surface area (Å²) in [5.74, 6) is 0.992. The first-order valence-corrected chi connectivity index (χ1v) is 16.2. The number of hydrogen-bond donors (Lipinski definition) is 0. The summed E-state index contributed by atoms with van der Waals surface area (Å²) in [5, 5.41) is 2.91. The molecule has 0 heterocycles. The Bertz CT molecular complexity index is 1410. The van der Waals surface area contributed by atoms with Crippen molar-refractivity contribution in [1.82, 2.24) is 0 Å². The van der Waals surface area contributed by atoms with Crippen molar-refractivity contribution in [1.29, 1.82) is 0 Å². The Balaban J connectivity index is 1.84. The van der Waals surface area contributed by atoms with Crippen molar-refractivity contribution in [2.45, 2.75) is 38.4 Å². The fraction of sp³-hybridized carbons (Fsp3) is 0.212. The summed E-state index contributed by atoms with van der Waals surface area (Å²) in [7, 11) is -2.30. The van der Waals surface area contributed by atoms with E-state index in [9.17, 15) is 0 Å². The highest BCUT2D eigenvalue weighted by atomic mass is 35.5. The van der Waals surface area contributed by atoms with E-state index < -0.39 is 8.07 Å². The summed E-state index contributed by atoms with van der Waals surface area (Å²) in [6.07, 6.45) is 1.83. The van der Waals surface area contributed by atoms with Gasteiger partial charge in [0.15, 0.2) is 0 Å². The van der Waals surface area contributed by atoms with Gasteiger partial charge in [0, 0.05) is 21.1 Å². The number of hydrogen-bond acceptors (Lipinski definition) is 1. The van der Waals surface area contributed by atoms with Crippen LogP contribution >= 0.6 is 23.2 Å². The lowest BCUT2D eigenvalue weighted by molar-refractivity contribution is 0.367. The summed E-state index contributed by atoms with van der Waals surface area (Å²) in [6.45, 7) is 11.3. The molecule has 0 bridgehead atoms. The zero-order valence-corrected chi connectivity index (χ0v) is 24.2. The third-order valence-corrected chi connectivity index (χ3v) is 14.1. The molecule has 0 N–H and O–H groups in total. The molecule has 0 atom stereocenters. The molecule has 0 amide bonds. The highest BCUT2D eigenvalue weighted by Gasteiger charge is 2.48. The maximum absolute atomic E-state index is 6.63. The minimum atomic E-state index is -2.30. The molecular weight excluding hydrogens is 511 g/mol. The van der Waals surface area contributed by atoms with E-state index in [-0.39, 0.29) is 5.54 Å². The van der Waals surface area contributed by atoms with E-state index in [1.807, 2.05) is 18.2 Å². The maximum atomic E-state index is 6.63. The third kappa shape index (κ3) is 4.46. The van der Waals surface area contributed by atoms with E-state index in [2.05, 4.69) is 94.1 Å². The molecule has 0 saturated carbocycles. The molecule has 37 heavy (non-hydrogen) atoms. The molecule has 0 fully saturated rings. The fourth-order valence-corrected chi connectivity index (χ4v) is 11.9. The van der Waals surface area contributed by atoms with Crippen LogP contribution in [0.3, 0.4) is 0 Å². The highest BCUT2D eigenvalue weighted by Crippen LogP contribution is 2.53. The molecule has 4 aromatic carbocycles. The van der Waals surface area contributed by atoms with Gasteiger partial charge < -0.3 is 4.74 Å². The first-order chi connectivity index (χ1) is 17.9. The minimum absolute atomic E-state index is 0.224. The standard InChI is InChI=1S/C33H32Cl2OSi/c1-5-17-36-32-28(23-11-9-8-10-12-23)18-22(4)19-31(32)37(6-2,7-3)33-29-20-24(34)13-15-26(29)27-16-14-25(35)21-30(27)33/h5,8-16,18-21,33H,1,6-7,17H2,2-4H3. The monoisotopic (exact) mass is 542 g/mol. The van der Waals surface area contributed by atoms with Crippen LogP contribution in [0.15, 0.2) is 91.5 Å². The van der Waals surface area contributed by atoms with Gasteiger partial charge in [-0.05, 0) is 70.3 Å². The van der Waals surface area contributed by atoms with Gasteiger partial charge >= 0.3 is 0 Å². The average molecular weight is 544 g/mol. The third-order valence-electron chi connectivity index (χ3n) is 7.95. The Morgan fingerprint density at radius 3 is 1.95 bits per heavy atom. The normalized spacial score (nSPS) is 12.8. The van der Waals surface area contributed by atoms with Gasteiger partial charge in [0.05, 0.1) is 0 Å². The van der Waals surface area contributed by atoms with Crippen LogP contribution in [-0.4, -0.2) is 14.7 Å². The van der Waals surface area contributed by atoms with Gasteiger partial charge in [-0.1, -0.05) is 116 Å². The molecule has 1 aliphatic carbocycles. The Morgan fingerprint density at radius 2 is 1.41 bits per heavy atom. The topological polar surface area (TPSA) is 9.23 Å². The molecule has 4 heteroatoms. The Labute approximate surface area is 231 Å². The lowest BCUT2D eigenvalue weighted by Gasteiger charge is -2.39. The molecule has 0 radical (unpaired) electrons.